The average Bonchev–Trinajstić information content (AvgIpc) is 2.17. The first kappa shape index (κ1) is 14.2. The van der Waals surface area contributed by atoms with Crippen LogP contribution in [0, 0.1) is 0 Å². The van der Waals surface area contributed by atoms with Gasteiger partial charge in [-0.3, -0.25) is 4.57 Å². The second-order valence-corrected chi connectivity index (χ2v) is 4.67. The highest BCUT2D eigenvalue weighted by Crippen LogP contribution is 2.35. The number of benzene rings is 1. The molecule has 4 N–H and O–H groups in total. The minimum Gasteiger partial charge on any atom is -0.398 e. The first-order valence-electron chi connectivity index (χ1n) is 4.84. The second kappa shape index (κ2) is 6.62. The Balaban J connectivity index is 0.000000423. The zero-order chi connectivity index (χ0) is 11.9. The summed E-state index contributed by atoms with van der Waals surface area (Å²) in [6.45, 7) is 4.36. The third-order valence-electron chi connectivity index (χ3n) is 1.75. The van der Waals surface area contributed by atoms with Crippen molar-refractivity contribution in [3.05, 3.63) is 24.3 Å². The Morgan fingerprint density at radius 2 is 1.67 bits per heavy atom. The van der Waals surface area contributed by atoms with Gasteiger partial charge in [-0.25, -0.2) is 0 Å². The number of unbranched alkanes of at least 4 members (excludes halogenated alkanes) is 1. The smallest absolute Gasteiger partial charge is 0.358 e. The standard InChI is InChI=1S/C6H8NO3P.C4H10/c7-5-3-1-2-4-6(5)11(8,9)10;1-3-4-2/h1-4H,7H2,(H2,8,9,10);3-4H2,1-2H3. The van der Waals surface area contributed by atoms with Crippen molar-refractivity contribution in [2.75, 3.05) is 5.73 Å². The van der Waals surface area contributed by atoms with Crippen molar-refractivity contribution in [2.45, 2.75) is 26.7 Å². The molecular weight excluding hydrogens is 213 g/mol. The summed E-state index contributed by atoms with van der Waals surface area (Å²) in [6, 6.07) is 5.92. The van der Waals surface area contributed by atoms with Gasteiger partial charge in [0.15, 0.2) is 0 Å². The third-order valence-corrected chi connectivity index (χ3v) is 2.79. The predicted octanol–water partition coefficient (Wildman–Crippen LogP) is 1.88. The quantitative estimate of drug-likeness (QED) is 0.536. The predicted molar refractivity (Wildman–Crippen MR) is 63.1 cm³/mol. The molecule has 0 unspecified atom stereocenters. The molecule has 0 saturated heterocycles. The van der Waals surface area contributed by atoms with Crippen LogP contribution in [-0.2, 0) is 4.57 Å². The van der Waals surface area contributed by atoms with E-state index in [1.54, 1.807) is 6.07 Å². The molecule has 0 aliphatic heterocycles. The van der Waals surface area contributed by atoms with E-state index >= 15 is 0 Å². The maximum absolute atomic E-state index is 10.7. The first-order valence-corrected chi connectivity index (χ1v) is 6.45. The van der Waals surface area contributed by atoms with Crippen molar-refractivity contribution in [3.8, 4) is 0 Å². The van der Waals surface area contributed by atoms with E-state index < -0.39 is 7.60 Å². The number of hydrogen-bond donors (Lipinski definition) is 3. The van der Waals surface area contributed by atoms with Crippen molar-refractivity contribution >= 4 is 18.6 Å². The van der Waals surface area contributed by atoms with Crippen LogP contribution in [-0.4, -0.2) is 9.79 Å². The number of anilines is 1. The van der Waals surface area contributed by atoms with Crippen LogP contribution in [0.1, 0.15) is 26.7 Å². The highest BCUT2D eigenvalue weighted by Gasteiger charge is 2.18. The Labute approximate surface area is 90.3 Å². The number of hydrogen-bond acceptors (Lipinski definition) is 2. The summed E-state index contributed by atoms with van der Waals surface area (Å²) in [5, 5.41) is -0.111. The first-order chi connectivity index (χ1) is 6.93. The SMILES string of the molecule is CCCC.Nc1ccccc1P(=O)(O)O. The number of nitrogen functional groups attached to an aromatic ring is 1. The Hall–Kier alpha value is -0.830. The molecule has 0 heterocycles. The fraction of sp³-hybridized carbons (Fsp3) is 0.400. The molecule has 0 spiro atoms. The molecule has 0 amide bonds. The molecule has 1 aromatic rings. The highest BCUT2D eigenvalue weighted by atomic mass is 31.2. The van der Waals surface area contributed by atoms with Gasteiger partial charge in [0, 0.05) is 5.69 Å². The Bertz CT molecular complexity index is 333. The normalized spacial score (nSPS) is 10.4. The zero-order valence-electron chi connectivity index (χ0n) is 9.05. The van der Waals surface area contributed by atoms with Gasteiger partial charge in [-0.05, 0) is 12.1 Å². The molecule has 0 saturated carbocycles. The fourth-order valence-electron chi connectivity index (χ4n) is 0.753. The van der Waals surface area contributed by atoms with Crippen LogP contribution < -0.4 is 11.0 Å². The van der Waals surface area contributed by atoms with Gasteiger partial charge in [0.05, 0.1) is 5.30 Å². The van der Waals surface area contributed by atoms with Gasteiger partial charge in [0.2, 0.25) is 0 Å². The average molecular weight is 231 g/mol. The third kappa shape index (κ3) is 5.57. The summed E-state index contributed by atoms with van der Waals surface area (Å²) in [5.74, 6) is 0. The number of para-hydroxylation sites is 1. The topological polar surface area (TPSA) is 83.6 Å². The molecule has 15 heavy (non-hydrogen) atoms. The van der Waals surface area contributed by atoms with Gasteiger partial charge in [-0.2, -0.15) is 0 Å². The monoisotopic (exact) mass is 231 g/mol. The molecule has 1 rings (SSSR count). The van der Waals surface area contributed by atoms with Gasteiger partial charge in [-0.15, -0.1) is 0 Å². The zero-order valence-corrected chi connectivity index (χ0v) is 9.95. The van der Waals surface area contributed by atoms with E-state index in [-0.39, 0.29) is 11.0 Å². The highest BCUT2D eigenvalue weighted by molar-refractivity contribution is 7.60. The van der Waals surface area contributed by atoms with Crippen LogP contribution in [0.4, 0.5) is 5.69 Å². The molecular formula is C10H18NO3P. The summed E-state index contributed by atoms with van der Waals surface area (Å²) < 4.78 is 10.7. The molecule has 0 fully saturated rings. The summed E-state index contributed by atoms with van der Waals surface area (Å²) in [4.78, 5) is 17.4. The molecule has 0 atom stereocenters. The summed E-state index contributed by atoms with van der Waals surface area (Å²) in [6.07, 6.45) is 2.64. The van der Waals surface area contributed by atoms with E-state index in [9.17, 15) is 4.57 Å². The molecule has 4 nitrogen and oxygen atoms in total. The lowest BCUT2D eigenvalue weighted by molar-refractivity contribution is 0.387. The molecule has 0 aliphatic carbocycles. The van der Waals surface area contributed by atoms with E-state index in [0.29, 0.717) is 0 Å². The molecule has 0 radical (unpaired) electrons. The minimum absolute atomic E-state index is 0.111. The van der Waals surface area contributed by atoms with Gasteiger partial charge >= 0.3 is 7.60 Å². The van der Waals surface area contributed by atoms with Crippen LogP contribution in [0.3, 0.4) is 0 Å². The van der Waals surface area contributed by atoms with Crippen molar-refractivity contribution in [1.82, 2.24) is 0 Å². The molecule has 0 bridgehead atoms. The van der Waals surface area contributed by atoms with E-state index in [2.05, 4.69) is 13.8 Å². The lowest BCUT2D eigenvalue weighted by atomic mass is 10.3. The van der Waals surface area contributed by atoms with E-state index in [1.165, 1.54) is 31.0 Å². The Morgan fingerprint density at radius 3 is 1.93 bits per heavy atom. The maximum atomic E-state index is 10.7. The van der Waals surface area contributed by atoms with E-state index in [1.807, 2.05) is 0 Å². The largest absolute Gasteiger partial charge is 0.398 e. The summed E-state index contributed by atoms with van der Waals surface area (Å²) >= 11 is 0. The van der Waals surface area contributed by atoms with Crippen LogP contribution in [0.2, 0.25) is 0 Å². The van der Waals surface area contributed by atoms with E-state index in [4.69, 9.17) is 15.5 Å². The van der Waals surface area contributed by atoms with Gasteiger partial charge < -0.3 is 15.5 Å². The Kier molecular flexibility index (Phi) is 6.25. The van der Waals surface area contributed by atoms with E-state index in [0.717, 1.165) is 0 Å². The number of nitrogens with two attached hydrogens (primary N) is 1. The molecule has 0 aromatic heterocycles. The van der Waals surface area contributed by atoms with Crippen molar-refractivity contribution < 1.29 is 14.4 Å². The van der Waals surface area contributed by atoms with Crippen molar-refractivity contribution in [1.29, 1.82) is 0 Å². The van der Waals surface area contributed by atoms with Crippen LogP contribution >= 0.6 is 7.60 Å². The molecule has 0 aliphatic rings. The lowest BCUT2D eigenvalue weighted by Gasteiger charge is -2.05. The lowest BCUT2D eigenvalue weighted by Crippen LogP contribution is -2.09. The van der Waals surface area contributed by atoms with Gasteiger partial charge in [0.1, 0.15) is 0 Å². The number of rotatable bonds is 2. The van der Waals surface area contributed by atoms with Crippen LogP contribution in [0.5, 0.6) is 0 Å². The van der Waals surface area contributed by atoms with Gasteiger partial charge in [-0.1, -0.05) is 38.8 Å². The maximum Gasteiger partial charge on any atom is 0.358 e. The van der Waals surface area contributed by atoms with Crippen molar-refractivity contribution in [3.63, 3.8) is 0 Å². The van der Waals surface area contributed by atoms with Crippen LogP contribution in [0.15, 0.2) is 24.3 Å². The summed E-state index contributed by atoms with van der Waals surface area (Å²) in [5.41, 5.74) is 5.44. The second-order valence-electron chi connectivity index (χ2n) is 3.10. The molecule has 86 valence electrons. The molecule has 5 heteroatoms. The minimum atomic E-state index is -4.18. The van der Waals surface area contributed by atoms with Crippen LogP contribution in [0.25, 0.3) is 0 Å². The Morgan fingerprint density at radius 1 is 1.20 bits per heavy atom. The summed E-state index contributed by atoms with van der Waals surface area (Å²) in [7, 11) is -4.18. The fourth-order valence-corrected chi connectivity index (χ4v) is 1.44. The van der Waals surface area contributed by atoms with Crippen molar-refractivity contribution in [2.24, 2.45) is 0 Å². The van der Waals surface area contributed by atoms with Gasteiger partial charge in [0.25, 0.3) is 0 Å². The molecule has 1 aromatic carbocycles.